The van der Waals surface area contributed by atoms with E-state index in [1.807, 2.05) is 13.1 Å². The molecule has 0 saturated carbocycles. The van der Waals surface area contributed by atoms with Crippen molar-refractivity contribution in [1.82, 2.24) is 9.97 Å². The summed E-state index contributed by atoms with van der Waals surface area (Å²) in [6, 6.07) is 0. The molecule has 2 nitrogen and oxygen atoms in total. The summed E-state index contributed by atoms with van der Waals surface area (Å²) in [5, 5.41) is 0.960. The third kappa shape index (κ3) is 1.99. The van der Waals surface area contributed by atoms with Crippen molar-refractivity contribution in [2.24, 2.45) is 0 Å². The molecule has 1 heterocycles. The van der Waals surface area contributed by atoms with Crippen LogP contribution in [0.5, 0.6) is 0 Å². The smallest absolute Gasteiger partial charge is 0.115 e. The number of aryl methyl sites for hydroxylation is 1. The molecule has 60 valence electrons. The molecular weight excluding hydrogens is 204 g/mol. The van der Waals surface area contributed by atoms with E-state index in [1.165, 1.54) is 5.56 Å². The zero-order chi connectivity index (χ0) is 8.27. The van der Waals surface area contributed by atoms with Crippen LogP contribution in [0.1, 0.15) is 24.1 Å². The molecule has 0 fully saturated rings. The summed E-state index contributed by atoms with van der Waals surface area (Å²) in [5.74, 6) is 0.496. The van der Waals surface area contributed by atoms with Crippen LogP contribution in [0.3, 0.4) is 0 Å². The van der Waals surface area contributed by atoms with E-state index in [1.54, 1.807) is 6.33 Å². The number of hydrogen-bond acceptors (Lipinski definition) is 2. The molecule has 11 heavy (non-hydrogen) atoms. The second-order valence-corrected chi connectivity index (χ2v) is 3.27. The van der Waals surface area contributed by atoms with E-state index in [0.29, 0.717) is 5.92 Å². The maximum absolute atomic E-state index is 4.12. The molecule has 0 aliphatic heterocycles. The SMILES string of the molecule is Cc1ncncc1C(C)CBr. The highest BCUT2D eigenvalue weighted by atomic mass is 79.9. The first-order valence-corrected chi connectivity index (χ1v) is 4.70. The van der Waals surface area contributed by atoms with Crippen molar-refractivity contribution in [2.45, 2.75) is 19.8 Å². The highest BCUT2D eigenvalue weighted by Gasteiger charge is 2.06. The van der Waals surface area contributed by atoms with Gasteiger partial charge in [-0.2, -0.15) is 0 Å². The molecule has 0 saturated heterocycles. The van der Waals surface area contributed by atoms with Crippen LogP contribution in [-0.4, -0.2) is 15.3 Å². The van der Waals surface area contributed by atoms with E-state index in [9.17, 15) is 0 Å². The van der Waals surface area contributed by atoms with E-state index in [0.717, 1.165) is 11.0 Å². The van der Waals surface area contributed by atoms with Crippen LogP contribution < -0.4 is 0 Å². The van der Waals surface area contributed by atoms with Gasteiger partial charge in [0.25, 0.3) is 0 Å². The van der Waals surface area contributed by atoms with Crippen LogP contribution in [-0.2, 0) is 0 Å². The summed E-state index contributed by atoms with van der Waals surface area (Å²) in [5.41, 5.74) is 2.30. The zero-order valence-electron chi connectivity index (χ0n) is 6.71. The second kappa shape index (κ2) is 3.81. The molecule has 1 rings (SSSR count). The number of halogens is 1. The largest absolute Gasteiger partial charge is 0.245 e. The Morgan fingerprint density at radius 3 is 2.91 bits per heavy atom. The molecular formula is C8H11BrN2. The van der Waals surface area contributed by atoms with Crippen LogP contribution in [0.4, 0.5) is 0 Å². The van der Waals surface area contributed by atoms with Gasteiger partial charge in [0, 0.05) is 17.2 Å². The number of hydrogen-bond donors (Lipinski definition) is 0. The van der Waals surface area contributed by atoms with Crippen molar-refractivity contribution in [1.29, 1.82) is 0 Å². The number of rotatable bonds is 2. The second-order valence-electron chi connectivity index (χ2n) is 2.62. The van der Waals surface area contributed by atoms with E-state index < -0.39 is 0 Å². The average molecular weight is 215 g/mol. The highest BCUT2D eigenvalue weighted by Crippen LogP contribution is 2.17. The predicted octanol–water partition coefficient (Wildman–Crippen LogP) is 2.28. The summed E-state index contributed by atoms with van der Waals surface area (Å²) in [4.78, 5) is 8.10. The fourth-order valence-corrected chi connectivity index (χ4v) is 1.32. The lowest BCUT2D eigenvalue weighted by atomic mass is 10.0. The first-order valence-electron chi connectivity index (χ1n) is 3.58. The zero-order valence-corrected chi connectivity index (χ0v) is 8.30. The Labute approximate surface area is 75.2 Å². The monoisotopic (exact) mass is 214 g/mol. The van der Waals surface area contributed by atoms with Crippen LogP contribution in [0.15, 0.2) is 12.5 Å². The van der Waals surface area contributed by atoms with Crippen molar-refractivity contribution in [3.05, 3.63) is 23.8 Å². The first kappa shape index (κ1) is 8.65. The maximum Gasteiger partial charge on any atom is 0.115 e. The fourth-order valence-electron chi connectivity index (χ4n) is 0.968. The third-order valence-corrected chi connectivity index (χ3v) is 2.68. The van der Waals surface area contributed by atoms with Gasteiger partial charge in [-0.1, -0.05) is 22.9 Å². The minimum atomic E-state index is 0.496. The van der Waals surface area contributed by atoms with Crippen molar-refractivity contribution >= 4 is 15.9 Å². The molecule has 3 heteroatoms. The minimum Gasteiger partial charge on any atom is -0.245 e. The van der Waals surface area contributed by atoms with Gasteiger partial charge in [-0.25, -0.2) is 9.97 Å². The topological polar surface area (TPSA) is 25.8 Å². The Balaban J connectivity index is 2.93. The van der Waals surface area contributed by atoms with Crippen molar-refractivity contribution < 1.29 is 0 Å². The van der Waals surface area contributed by atoms with Crippen LogP contribution in [0.2, 0.25) is 0 Å². The Kier molecular flexibility index (Phi) is 3.00. The first-order chi connectivity index (χ1) is 5.25. The molecule has 0 spiro atoms. The van der Waals surface area contributed by atoms with Gasteiger partial charge in [0.05, 0.1) is 0 Å². The molecule has 0 aliphatic carbocycles. The summed E-state index contributed by atoms with van der Waals surface area (Å²) in [6.07, 6.45) is 3.47. The summed E-state index contributed by atoms with van der Waals surface area (Å²) >= 11 is 3.43. The fraction of sp³-hybridized carbons (Fsp3) is 0.500. The summed E-state index contributed by atoms with van der Waals surface area (Å²) in [6.45, 7) is 4.16. The summed E-state index contributed by atoms with van der Waals surface area (Å²) < 4.78 is 0. The number of aromatic nitrogens is 2. The van der Waals surface area contributed by atoms with Crippen molar-refractivity contribution in [3.63, 3.8) is 0 Å². The van der Waals surface area contributed by atoms with Gasteiger partial charge in [-0.15, -0.1) is 0 Å². The molecule has 0 N–H and O–H groups in total. The standard InChI is InChI=1S/C8H11BrN2/c1-6(3-9)8-4-10-5-11-7(8)2/h4-6H,3H2,1-2H3. The Hall–Kier alpha value is -0.440. The van der Waals surface area contributed by atoms with Gasteiger partial charge >= 0.3 is 0 Å². The van der Waals surface area contributed by atoms with Gasteiger partial charge in [-0.05, 0) is 18.4 Å². The van der Waals surface area contributed by atoms with Gasteiger partial charge in [0.15, 0.2) is 0 Å². The predicted molar refractivity (Wildman–Crippen MR) is 49.0 cm³/mol. The highest BCUT2D eigenvalue weighted by molar-refractivity contribution is 9.09. The average Bonchev–Trinajstić information content (AvgIpc) is 2.04. The van der Waals surface area contributed by atoms with E-state index in [2.05, 4.69) is 32.8 Å². The lowest BCUT2D eigenvalue weighted by Gasteiger charge is -2.08. The van der Waals surface area contributed by atoms with Gasteiger partial charge in [0.1, 0.15) is 6.33 Å². The molecule has 0 radical (unpaired) electrons. The van der Waals surface area contributed by atoms with Gasteiger partial charge in [-0.3, -0.25) is 0 Å². The molecule has 0 amide bonds. The molecule has 1 unspecified atom stereocenters. The Morgan fingerprint density at radius 1 is 1.64 bits per heavy atom. The summed E-state index contributed by atoms with van der Waals surface area (Å²) in [7, 11) is 0. The molecule has 0 bridgehead atoms. The van der Waals surface area contributed by atoms with Crippen LogP contribution in [0.25, 0.3) is 0 Å². The normalized spacial score (nSPS) is 13.0. The number of alkyl halides is 1. The van der Waals surface area contributed by atoms with Crippen LogP contribution >= 0.6 is 15.9 Å². The van der Waals surface area contributed by atoms with Gasteiger partial charge in [0.2, 0.25) is 0 Å². The quantitative estimate of drug-likeness (QED) is 0.707. The van der Waals surface area contributed by atoms with Gasteiger partial charge < -0.3 is 0 Å². The van der Waals surface area contributed by atoms with Crippen molar-refractivity contribution in [3.8, 4) is 0 Å². The molecule has 1 aromatic heterocycles. The lowest BCUT2D eigenvalue weighted by Crippen LogP contribution is -2.00. The Morgan fingerprint density at radius 2 is 2.36 bits per heavy atom. The molecule has 1 aromatic rings. The minimum absolute atomic E-state index is 0.496. The van der Waals surface area contributed by atoms with E-state index in [4.69, 9.17) is 0 Å². The molecule has 0 aliphatic rings. The van der Waals surface area contributed by atoms with Crippen molar-refractivity contribution in [2.75, 3.05) is 5.33 Å². The molecule has 1 atom stereocenters. The molecule has 0 aromatic carbocycles. The lowest BCUT2D eigenvalue weighted by molar-refractivity contribution is 0.845. The van der Waals surface area contributed by atoms with Crippen LogP contribution in [0, 0.1) is 6.92 Å². The Bertz CT molecular complexity index is 237. The maximum atomic E-state index is 4.12. The van der Waals surface area contributed by atoms with E-state index >= 15 is 0 Å². The third-order valence-electron chi connectivity index (χ3n) is 1.71. The number of nitrogens with zero attached hydrogens (tertiary/aromatic N) is 2. The van der Waals surface area contributed by atoms with E-state index in [-0.39, 0.29) is 0 Å².